The summed E-state index contributed by atoms with van der Waals surface area (Å²) < 4.78 is 29.0. The Morgan fingerprint density at radius 1 is 0.850 bits per heavy atom. The van der Waals surface area contributed by atoms with Crippen molar-refractivity contribution in [3.05, 3.63) is 113 Å². The van der Waals surface area contributed by atoms with Gasteiger partial charge in [0.25, 0.3) is 5.56 Å². The summed E-state index contributed by atoms with van der Waals surface area (Å²) in [4.78, 5) is 27.4. The summed E-state index contributed by atoms with van der Waals surface area (Å²) in [5.41, 5.74) is 2.95. The number of nitrogens with one attached hydrogen (secondary N) is 1. The molecule has 0 aliphatic rings. The lowest BCUT2D eigenvalue weighted by atomic mass is 10.1. The molecule has 0 bridgehead atoms. The molecule has 10 nitrogen and oxygen atoms in total. The van der Waals surface area contributed by atoms with E-state index >= 15 is 0 Å². The Hall–Kier alpha value is -4.87. The normalized spacial score (nSPS) is 11.6. The number of rotatable bonds is 6. The Labute approximate surface area is 233 Å². The van der Waals surface area contributed by atoms with Crippen LogP contribution in [-0.2, 0) is 10.0 Å². The van der Waals surface area contributed by atoms with Gasteiger partial charge in [-0.1, -0.05) is 41.9 Å². The molecular weight excluding hydrogens is 550 g/mol. The van der Waals surface area contributed by atoms with Crippen molar-refractivity contribution >= 4 is 38.3 Å². The summed E-state index contributed by atoms with van der Waals surface area (Å²) in [5.74, 6) is 0.959. The van der Waals surface area contributed by atoms with E-state index in [9.17, 15) is 13.2 Å². The predicted octanol–water partition coefficient (Wildman–Crippen LogP) is 4.72. The maximum atomic E-state index is 13.9. The first-order valence-electron chi connectivity index (χ1n) is 12.0. The molecule has 12 heteroatoms. The van der Waals surface area contributed by atoms with E-state index in [1.165, 1.54) is 15.4 Å². The van der Waals surface area contributed by atoms with Crippen LogP contribution >= 0.6 is 11.6 Å². The number of benzene rings is 3. The Bertz CT molecular complexity index is 2020. The van der Waals surface area contributed by atoms with Gasteiger partial charge in [0.1, 0.15) is 11.2 Å². The maximum Gasteiger partial charge on any atom is 0.269 e. The van der Waals surface area contributed by atoms with E-state index in [4.69, 9.17) is 16.6 Å². The molecule has 0 unspecified atom stereocenters. The lowest BCUT2D eigenvalue weighted by molar-refractivity contribution is 0.607. The standard InChI is InChI=1S/C28H20ClN7O3S/c1-40(38,39)34-21-4-2-5-23(16-21)36-27-24(17-32-36)28(37)35(22-12-10-20(29)11-13-22)26(33-27)19-8-6-18(7-9-19)25-30-14-3-15-31-25/h2-17,34H,1H3. The average molecular weight is 570 g/mol. The number of hydrogen-bond acceptors (Lipinski definition) is 7. The molecule has 3 heterocycles. The van der Waals surface area contributed by atoms with E-state index in [-0.39, 0.29) is 10.9 Å². The lowest BCUT2D eigenvalue weighted by Crippen LogP contribution is -2.22. The fraction of sp³-hybridized carbons (Fsp3) is 0.0357. The van der Waals surface area contributed by atoms with Crippen molar-refractivity contribution in [3.8, 4) is 34.2 Å². The Morgan fingerprint density at radius 3 is 2.25 bits per heavy atom. The Kier molecular flexibility index (Phi) is 6.37. The number of aromatic nitrogens is 6. The van der Waals surface area contributed by atoms with Crippen molar-refractivity contribution in [3.63, 3.8) is 0 Å². The molecular formula is C28H20ClN7O3S. The molecule has 0 saturated heterocycles. The van der Waals surface area contributed by atoms with Crippen LogP contribution in [0.25, 0.3) is 45.2 Å². The van der Waals surface area contributed by atoms with Gasteiger partial charge in [-0.3, -0.25) is 14.1 Å². The first-order valence-corrected chi connectivity index (χ1v) is 14.3. The molecule has 3 aromatic heterocycles. The SMILES string of the molecule is CS(=O)(=O)Nc1cccc(-n2ncc3c(=O)n(-c4ccc(Cl)cc4)c(-c4ccc(-c5ncccn5)cc4)nc32)c1. The van der Waals surface area contributed by atoms with Gasteiger partial charge in [0.15, 0.2) is 11.5 Å². The van der Waals surface area contributed by atoms with Gasteiger partial charge < -0.3 is 0 Å². The third kappa shape index (κ3) is 4.95. The van der Waals surface area contributed by atoms with Crippen molar-refractivity contribution in [1.82, 2.24) is 29.3 Å². The van der Waals surface area contributed by atoms with E-state index in [0.29, 0.717) is 44.9 Å². The topological polar surface area (TPSA) is 125 Å². The summed E-state index contributed by atoms with van der Waals surface area (Å²) in [6.07, 6.45) is 5.87. The molecule has 0 radical (unpaired) electrons. The molecule has 40 heavy (non-hydrogen) atoms. The second-order valence-corrected chi connectivity index (χ2v) is 11.1. The summed E-state index contributed by atoms with van der Waals surface area (Å²) >= 11 is 6.12. The minimum absolute atomic E-state index is 0.287. The average Bonchev–Trinajstić information content (AvgIpc) is 3.38. The zero-order valence-corrected chi connectivity index (χ0v) is 22.5. The smallest absolute Gasteiger partial charge is 0.269 e. The first kappa shape index (κ1) is 25.4. The van der Waals surface area contributed by atoms with Crippen LogP contribution in [0.3, 0.4) is 0 Å². The van der Waals surface area contributed by atoms with Gasteiger partial charge in [0.05, 0.1) is 29.5 Å². The van der Waals surface area contributed by atoms with Gasteiger partial charge in [-0.15, -0.1) is 0 Å². The van der Waals surface area contributed by atoms with Crippen molar-refractivity contribution in [2.24, 2.45) is 0 Å². The molecule has 0 amide bonds. The van der Waals surface area contributed by atoms with Crippen LogP contribution in [0.15, 0.2) is 102 Å². The third-order valence-corrected chi connectivity index (χ3v) is 6.91. The van der Waals surface area contributed by atoms with Crippen LogP contribution < -0.4 is 10.3 Å². The number of sulfonamides is 1. The van der Waals surface area contributed by atoms with Crippen molar-refractivity contribution in [2.75, 3.05) is 11.0 Å². The van der Waals surface area contributed by atoms with Crippen LogP contribution in [-0.4, -0.2) is 44.0 Å². The molecule has 0 saturated carbocycles. The Morgan fingerprint density at radius 2 is 1.55 bits per heavy atom. The second-order valence-electron chi connectivity index (χ2n) is 8.92. The van der Waals surface area contributed by atoms with Crippen LogP contribution in [0.4, 0.5) is 5.69 Å². The van der Waals surface area contributed by atoms with E-state index < -0.39 is 10.0 Å². The highest BCUT2D eigenvalue weighted by molar-refractivity contribution is 7.92. The number of nitrogens with zero attached hydrogens (tertiary/aromatic N) is 6. The Balaban J connectivity index is 1.55. The van der Waals surface area contributed by atoms with Gasteiger partial charge >= 0.3 is 0 Å². The monoisotopic (exact) mass is 569 g/mol. The molecule has 0 spiro atoms. The maximum absolute atomic E-state index is 13.9. The molecule has 0 fully saturated rings. The molecule has 1 N–H and O–H groups in total. The van der Waals surface area contributed by atoms with Gasteiger partial charge in [0, 0.05) is 28.5 Å². The van der Waals surface area contributed by atoms with Gasteiger partial charge in [0.2, 0.25) is 10.0 Å². The van der Waals surface area contributed by atoms with Crippen LogP contribution in [0, 0.1) is 0 Å². The predicted molar refractivity (Wildman–Crippen MR) is 154 cm³/mol. The lowest BCUT2D eigenvalue weighted by Gasteiger charge is -2.14. The molecule has 6 rings (SSSR count). The summed E-state index contributed by atoms with van der Waals surface area (Å²) in [6.45, 7) is 0. The highest BCUT2D eigenvalue weighted by atomic mass is 35.5. The van der Waals surface area contributed by atoms with Gasteiger partial charge in [-0.25, -0.2) is 28.1 Å². The number of anilines is 1. The fourth-order valence-corrected chi connectivity index (χ4v) is 4.99. The molecule has 3 aromatic carbocycles. The number of halogens is 1. The van der Waals surface area contributed by atoms with E-state index in [1.54, 1.807) is 67.0 Å². The van der Waals surface area contributed by atoms with E-state index in [2.05, 4.69) is 19.8 Å². The largest absolute Gasteiger partial charge is 0.284 e. The second kappa shape index (κ2) is 10.0. The van der Waals surface area contributed by atoms with E-state index in [0.717, 1.165) is 11.8 Å². The molecule has 0 atom stereocenters. The van der Waals surface area contributed by atoms with E-state index in [1.807, 2.05) is 24.3 Å². The minimum atomic E-state index is -3.48. The summed E-state index contributed by atoms with van der Waals surface area (Å²) in [5, 5.41) is 5.25. The summed E-state index contributed by atoms with van der Waals surface area (Å²) in [7, 11) is -3.48. The molecule has 0 aliphatic heterocycles. The number of hydrogen-bond donors (Lipinski definition) is 1. The van der Waals surface area contributed by atoms with Crippen LogP contribution in [0.5, 0.6) is 0 Å². The van der Waals surface area contributed by atoms with Gasteiger partial charge in [-0.05, 0) is 48.5 Å². The van der Waals surface area contributed by atoms with Crippen molar-refractivity contribution < 1.29 is 8.42 Å². The summed E-state index contributed by atoms with van der Waals surface area (Å²) in [6, 6.07) is 22.8. The van der Waals surface area contributed by atoms with Crippen molar-refractivity contribution in [1.29, 1.82) is 0 Å². The minimum Gasteiger partial charge on any atom is -0.284 e. The molecule has 198 valence electrons. The number of fused-ring (bicyclic) bond motifs is 1. The molecule has 0 aliphatic carbocycles. The zero-order chi connectivity index (χ0) is 27.9. The van der Waals surface area contributed by atoms with Crippen molar-refractivity contribution in [2.45, 2.75) is 0 Å². The molecule has 6 aromatic rings. The third-order valence-electron chi connectivity index (χ3n) is 6.05. The zero-order valence-electron chi connectivity index (χ0n) is 20.9. The highest BCUT2D eigenvalue weighted by Crippen LogP contribution is 2.27. The fourth-order valence-electron chi connectivity index (χ4n) is 4.31. The first-order chi connectivity index (χ1) is 19.3. The highest BCUT2D eigenvalue weighted by Gasteiger charge is 2.19. The van der Waals surface area contributed by atoms with Gasteiger partial charge in [-0.2, -0.15) is 5.10 Å². The quantitative estimate of drug-likeness (QED) is 0.308. The van der Waals surface area contributed by atoms with Crippen LogP contribution in [0.1, 0.15) is 0 Å². The van der Waals surface area contributed by atoms with Crippen LogP contribution in [0.2, 0.25) is 5.02 Å².